The number of aryl methyl sites for hydroxylation is 1. The van der Waals surface area contributed by atoms with E-state index in [1.54, 1.807) is 0 Å². The molecule has 0 saturated heterocycles. The summed E-state index contributed by atoms with van der Waals surface area (Å²) in [7, 11) is 1.96. The van der Waals surface area contributed by atoms with Gasteiger partial charge in [-0.1, -0.05) is 20.8 Å². The van der Waals surface area contributed by atoms with Crippen LogP contribution in [0.5, 0.6) is 0 Å². The lowest BCUT2D eigenvalue weighted by Gasteiger charge is -2.14. The first-order valence-corrected chi connectivity index (χ1v) is 5.21. The zero-order valence-electron chi connectivity index (χ0n) is 9.89. The van der Waals surface area contributed by atoms with Gasteiger partial charge in [0.15, 0.2) is 0 Å². The maximum atomic E-state index is 4.60. The molecule has 0 amide bonds. The zero-order chi connectivity index (χ0) is 10.8. The van der Waals surface area contributed by atoms with Gasteiger partial charge >= 0.3 is 0 Å². The zero-order valence-corrected chi connectivity index (χ0v) is 9.89. The molecule has 1 aromatic rings. The Balaban J connectivity index is 3.00. The number of nitrogens with one attached hydrogen (secondary N) is 1. The second-order valence-electron chi connectivity index (χ2n) is 4.62. The van der Waals surface area contributed by atoms with Crippen molar-refractivity contribution in [2.75, 3.05) is 7.05 Å². The maximum absolute atomic E-state index is 4.60. The van der Waals surface area contributed by atoms with Crippen LogP contribution in [0.1, 0.15) is 39.1 Å². The molecular formula is C11H21N3. The monoisotopic (exact) mass is 195 g/mol. The fraction of sp³-hybridized carbons (Fsp3) is 0.727. The predicted octanol–water partition coefficient (Wildman–Crippen LogP) is 1.92. The van der Waals surface area contributed by atoms with Crippen molar-refractivity contribution in [1.82, 2.24) is 15.1 Å². The van der Waals surface area contributed by atoms with E-state index in [1.165, 1.54) is 11.4 Å². The minimum Gasteiger partial charge on any atom is -0.314 e. The van der Waals surface area contributed by atoms with E-state index in [4.69, 9.17) is 0 Å². The highest BCUT2D eigenvalue weighted by Gasteiger charge is 2.18. The predicted molar refractivity (Wildman–Crippen MR) is 59.4 cm³/mol. The normalized spacial score (nSPS) is 12.1. The standard InChI is InChI=1S/C11H21N3/c1-6-14-9(8-12-5)7-10(13-14)11(2,3)4/h7,12H,6,8H2,1-5H3. The molecule has 0 aliphatic heterocycles. The topological polar surface area (TPSA) is 29.9 Å². The van der Waals surface area contributed by atoms with Gasteiger partial charge in [-0.05, 0) is 20.0 Å². The highest BCUT2D eigenvalue weighted by Crippen LogP contribution is 2.21. The third kappa shape index (κ3) is 2.35. The summed E-state index contributed by atoms with van der Waals surface area (Å²) in [6.07, 6.45) is 0. The van der Waals surface area contributed by atoms with E-state index < -0.39 is 0 Å². The SMILES string of the molecule is CCn1nc(C(C)(C)C)cc1CNC. The minimum atomic E-state index is 0.142. The van der Waals surface area contributed by atoms with E-state index in [0.29, 0.717) is 0 Å². The van der Waals surface area contributed by atoms with Gasteiger partial charge < -0.3 is 5.32 Å². The van der Waals surface area contributed by atoms with Crippen LogP contribution in [0.15, 0.2) is 6.07 Å². The minimum absolute atomic E-state index is 0.142. The summed E-state index contributed by atoms with van der Waals surface area (Å²) in [5.74, 6) is 0. The van der Waals surface area contributed by atoms with Crippen LogP contribution >= 0.6 is 0 Å². The highest BCUT2D eigenvalue weighted by molar-refractivity contribution is 5.17. The van der Waals surface area contributed by atoms with Crippen LogP contribution in [-0.2, 0) is 18.5 Å². The number of hydrogen-bond donors (Lipinski definition) is 1. The summed E-state index contributed by atoms with van der Waals surface area (Å²) in [5.41, 5.74) is 2.58. The summed E-state index contributed by atoms with van der Waals surface area (Å²) in [6, 6.07) is 2.19. The van der Waals surface area contributed by atoms with Crippen LogP contribution in [0, 0.1) is 0 Å². The van der Waals surface area contributed by atoms with Gasteiger partial charge in [0.2, 0.25) is 0 Å². The Morgan fingerprint density at radius 3 is 2.50 bits per heavy atom. The molecule has 80 valence electrons. The molecule has 3 nitrogen and oxygen atoms in total. The molecule has 1 heterocycles. The fourth-order valence-electron chi connectivity index (χ4n) is 1.42. The molecule has 1 rings (SSSR count). The highest BCUT2D eigenvalue weighted by atomic mass is 15.3. The van der Waals surface area contributed by atoms with Gasteiger partial charge in [0.05, 0.1) is 11.4 Å². The Morgan fingerprint density at radius 2 is 2.07 bits per heavy atom. The smallest absolute Gasteiger partial charge is 0.0681 e. The van der Waals surface area contributed by atoms with Gasteiger partial charge in [0.1, 0.15) is 0 Å². The van der Waals surface area contributed by atoms with E-state index in [2.05, 4.69) is 48.9 Å². The van der Waals surface area contributed by atoms with Crippen molar-refractivity contribution < 1.29 is 0 Å². The first-order chi connectivity index (χ1) is 6.49. The first-order valence-electron chi connectivity index (χ1n) is 5.21. The summed E-state index contributed by atoms with van der Waals surface area (Å²) in [6.45, 7) is 10.5. The molecule has 0 atom stereocenters. The molecule has 0 fully saturated rings. The molecule has 0 spiro atoms. The first kappa shape index (κ1) is 11.2. The van der Waals surface area contributed by atoms with Gasteiger partial charge in [-0.25, -0.2) is 0 Å². The molecule has 1 aromatic heterocycles. The Bertz CT molecular complexity index is 294. The molecule has 0 bridgehead atoms. The van der Waals surface area contributed by atoms with Crippen LogP contribution < -0.4 is 5.32 Å². The van der Waals surface area contributed by atoms with E-state index in [1.807, 2.05) is 7.05 Å². The number of rotatable bonds is 3. The molecule has 0 saturated carbocycles. The average molecular weight is 195 g/mol. The lowest BCUT2D eigenvalue weighted by Crippen LogP contribution is -2.13. The summed E-state index contributed by atoms with van der Waals surface area (Å²) in [4.78, 5) is 0. The van der Waals surface area contributed by atoms with Crippen molar-refractivity contribution in [2.24, 2.45) is 0 Å². The van der Waals surface area contributed by atoms with Gasteiger partial charge in [-0.3, -0.25) is 4.68 Å². The molecule has 0 unspecified atom stereocenters. The maximum Gasteiger partial charge on any atom is 0.0681 e. The number of nitrogens with zero attached hydrogens (tertiary/aromatic N) is 2. The number of aromatic nitrogens is 2. The van der Waals surface area contributed by atoms with Crippen molar-refractivity contribution in [3.05, 3.63) is 17.5 Å². The molecule has 3 heteroatoms. The van der Waals surface area contributed by atoms with Crippen LogP contribution in [0.4, 0.5) is 0 Å². The fourth-order valence-corrected chi connectivity index (χ4v) is 1.42. The third-order valence-electron chi connectivity index (χ3n) is 2.29. The Morgan fingerprint density at radius 1 is 1.43 bits per heavy atom. The van der Waals surface area contributed by atoms with Crippen molar-refractivity contribution >= 4 is 0 Å². The van der Waals surface area contributed by atoms with Crippen LogP contribution in [0.25, 0.3) is 0 Å². The quantitative estimate of drug-likeness (QED) is 0.798. The van der Waals surface area contributed by atoms with Crippen LogP contribution in [-0.4, -0.2) is 16.8 Å². The van der Waals surface area contributed by atoms with Crippen molar-refractivity contribution in [1.29, 1.82) is 0 Å². The van der Waals surface area contributed by atoms with Crippen LogP contribution in [0.2, 0.25) is 0 Å². The van der Waals surface area contributed by atoms with E-state index in [-0.39, 0.29) is 5.41 Å². The summed E-state index contributed by atoms with van der Waals surface area (Å²) in [5, 5.41) is 7.76. The second-order valence-corrected chi connectivity index (χ2v) is 4.62. The molecule has 0 radical (unpaired) electrons. The molecule has 1 N–H and O–H groups in total. The lowest BCUT2D eigenvalue weighted by molar-refractivity contribution is 0.533. The van der Waals surface area contributed by atoms with Crippen molar-refractivity contribution in [3.8, 4) is 0 Å². The molecule has 14 heavy (non-hydrogen) atoms. The summed E-state index contributed by atoms with van der Waals surface area (Å²) < 4.78 is 2.07. The molecule has 0 aliphatic carbocycles. The van der Waals surface area contributed by atoms with Crippen LogP contribution in [0.3, 0.4) is 0 Å². The molecular weight excluding hydrogens is 174 g/mol. The average Bonchev–Trinajstić information content (AvgIpc) is 2.47. The van der Waals surface area contributed by atoms with E-state index in [9.17, 15) is 0 Å². The van der Waals surface area contributed by atoms with Gasteiger partial charge in [0, 0.05) is 18.5 Å². The Hall–Kier alpha value is -0.830. The van der Waals surface area contributed by atoms with Crippen molar-refractivity contribution in [3.63, 3.8) is 0 Å². The van der Waals surface area contributed by atoms with E-state index >= 15 is 0 Å². The van der Waals surface area contributed by atoms with E-state index in [0.717, 1.165) is 13.1 Å². The molecule has 0 aromatic carbocycles. The third-order valence-corrected chi connectivity index (χ3v) is 2.29. The largest absolute Gasteiger partial charge is 0.314 e. The molecule has 0 aliphatic rings. The van der Waals surface area contributed by atoms with Crippen molar-refractivity contribution in [2.45, 2.75) is 46.2 Å². The van der Waals surface area contributed by atoms with Gasteiger partial charge in [-0.15, -0.1) is 0 Å². The van der Waals surface area contributed by atoms with Gasteiger partial charge in [-0.2, -0.15) is 5.10 Å². The lowest BCUT2D eigenvalue weighted by atomic mass is 9.92. The Labute approximate surface area is 86.5 Å². The number of hydrogen-bond acceptors (Lipinski definition) is 2. The van der Waals surface area contributed by atoms with Gasteiger partial charge in [0.25, 0.3) is 0 Å². The Kier molecular flexibility index (Phi) is 3.32. The second kappa shape index (κ2) is 4.13. The summed E-state index contributed by atoms with van der Waals surface area (Å²) >= 11 is 0.